The Bertz CT molecular complexity index is 40.7. The Morgan fingerprint density at radius 1 is 1.17 bits per heavy atom. The van der Waals surface area contributed by atoms with E-state index in [1.54, 1.807) is 0 Å². The number of alkyl halides is 1. The number of halogens is 1. The summed E-state index contributed by atoms with van der Waals surface area (Å²) in [5.41, 5.74) is 0. The van der Waals surface area contributed by atoms with Crippen LogP contribution in [-0.2, 0) is 0 Å². The summed E-state index contributed by atoms with van der Waals surface area (Å²) in [7, 11) is 0. The van der Waals surface area contributed by atoms with E-state index >= 15 is 0 Å². The van der Waals surface area contributed by atoms with Crippen molar-refractivity contribution in [3.05, 3.63) is 0 Å². The fourth-order valence-corrected chi connectivity index (χ4v) is 1.39. The first-order valence-electron chi connectivity index (χ1n) is 2.37. The van der Waals surface area contributed by atoms with Gasteiger partial charge in [0.2, 0.25) is 0 Å². The Balaban J connectivity index is 2.31. The molecule has 1 aliphatic carbocycles. The first-order valence-corrected chi connectivity index (χ1v) is 3.29. The molecule has 0 spiro atoms. The molecule has 2 atom stereocenters. The van der Waals surface area contributed by atoms with Crippen molar-refractivity contribution in [3.8, 4) is 0 Å². The summed E-state index contributed by atoms with van der Waals surface area (Å²) < 4.78 is 0. The van der Waals surface area contributed by atoms with Crippen LogP contribution in [-0.4, -0.2) is 4.83 Å². The lowest BCUT2D eigenvalue weighted by molar-refractivity contribution is 0.834. The minimum atomic E-state index is 0.831. The third-order valence-electron chi connectivity index (χ3n) is 1.69. The second-order valence-corrected chi connectivity index (χ2v) is 3.22. The lowest BCUT2D eigenvalue weighted by Crippen LogP contribution is -1.60. The van der Waals surface area contributed by atoms with Gasteiger partial charge in [0.05, 0.1) is 0 Å². The molecule has 0 bridgehead atoms. The summed E-state index contributed by atoms with van der Waals surface area (Å²) in [6, 6.07) is 0. The third-order valence-corrected chi connectivity index (χ3v) is 3.36. The largest absolute Gasteiger partial charge is 0.0885 e. The van der Waals surface area contributed by atoms with Gasteiger partial charge < -0.3 is 0 Å². The molecule has 0 aromatic heterocycles. The fourth-order valence-electron chi connectivity index (χ4n) is 0.602. The van der Waals surface area contributed by atoms with E-state index in [0.717, 1.165) is 16.7 Å². The third kappa shape index (κ3) is 0.494. The summed E-state index contributed by atoms with van der Waals surface area (Å²) in [5.74, 6) is 1.87. The molecule has 6 heavy (non-hydrogen) atoms. The molecule has 1 fully saturated rings. The number of hydrogen-bond acceptors (Lipinski definition) is 0. The molecule has 1 rings (SSSR count). The lowest BCUT2D eigenvalue weighted by Gasteiger charge is -1.65. The lowest BCUT2D eigenvalue weighted by atomic mass is 10.4. The van der Waals surface area contributed by atoms with Gasteiger partial charge in [-0.05, 0) is 11.8 Å². The smallest absolute Gasteiger partial charge is 0.0202 e. The zero-order valence-electron chi connectivity index (χ0n) is 4.11. The Morgan fingerprint density at radius 2 is 1.33 bits per heavy atom. The quantitative estimate of drug-likeness (QED) is 0.462. The molecule has 1 heteroatoms. The maximum atomic E-state index is 3.51. The van der Waals surface area contributed by atoms with Crippen molar-refractivity contribution >= 4 is 15.9 Å². The highest BCUT2D eigenvalue weighted by molar-refractivity contribution is 9.09. The Kier molecular flexibility index (Phi) is 0.945. The van der Waals surface area contributed by atoms with E-state index in [4.69, 9.17) is 0 Å². The van der Waals surface area contributed by atoms with Crippen molar-refractivity contribution in [3.63, 3.8) is 0 Å². The number of hydrogen-bond donors (Lipinski definition) is 0. The zero-order valence-corrected chi connectivity index (χ0v) is 5.70. The van der Waals surface area contributed by atoms with Crippen molar-refractivity contribution in [2.45, 2.75) is 18.7 Å². The SMILES string of the molecule is C[C@H]1C(Br)[C@@H]1C. The van der Waals surface area contributed by atoms with Crippen LogP contribution >= 0.6 is 15.9 Å². The molecule has 0 unspecified atom stereocenters. The molecule has 0 amide bonds. The normalized spacial score (nSPS) is 55.5. The van der Waals surface area contributed by atoms with Crippen molar-refractivity contribution in [1.29, 1.82) is 0 Å². The van der Waals surface area contributed by atoms with Gasteiger partial charge in [0.15, 0.2) is 0 Å². The molecule has 0 radical (unpaired) electrons. The average Bonchev–Trinajstić information content (AvgIpc) is 1.94. The van der Waals surface area contributed by atoms with Crippen LogP contribution in [0, 0.1) is 11.8 Å². The van der Waals surface area contributed by atoms with E-state index in [1.165, 1.54) is 0 Å². The standard InChI is InChI=1S/C5H9Br/c1-3-4(2)5(3)6/h3-5H,1-2H3/t3-,4-/m1/s1. The van der Waals surface area contributed by atoms with Crippen molar-refractivity contribution in [2.75, 3.05) is 0 Å². The Labute approximate surface area is 47.1 Å². The van der Waals surface area contributed by atoms with Gasteiger partial charge in [-0.1, -0.05) is 29.8 Å². The molecule has 0 saturated heterocycles. The molecule has 1 saturated carbocycles. The van der Waals surface area contributed by atoms with Crippen molar-refractivity contribution in [2.24, 2.45) is 11.8 Å². The minimum Gasteiger partial charge on any atom is -0.0885 e. The van der Waals surface area contributed by atoms with Gasteiger partial charge >= 0.3 is 0 Å². The van der Waals surface area contributed by atoms with Crippen LogP contribution in [0.4, 0.5) is 0 Å². The second kappa shape index (κ2) is 1.22. The van der Waals surface area contributed by atoms with Crippen LogP contribution in [0.1, 0.15) is 13.8 Å². The van der Waals surface area contributed by atoms with Crippen LogP contribution in [0.3, 0.4) is 0 Å². The Hall–Kier alpha value is 0.480. The predicted octanol–water partition coefficient (Wildman–Crippen LogP) is 2.04. The maximum absolute atomic E-state index is 3.51. The predicted molar refractivity (Wildman–Crippen MR) is 31.0 cm³/mol. The first-order chi connectivity index (χ1) is 2.73. The molecule has 0 heterocycles. The monoisotopic (exact) mass is 148 g/mol. The molecule has 0 N–H and O–H groups in total. The number of rotatable bonds is 0. The molecule has 1 aliphatic rings. The van der Waals surface area contributed by atoms with E-state index in [2.05, 4.69) is 29.8 Å². The molecule has 0 nitrogen and oxygen atoms in total. The summed E-state index contributed by atoms with van der Waals surface area (Å²) in [5, 5.41) is 0. The topological polar surface area (TPSA) is 0 Å². The summed E-state index contributed by atoms with van der Waals surface area (Å²) in [6.07, 6.45) is 0. The fraction of sp³-hybridized carbons (Fsp3) is 1.00. The average molecular weight is 149 g/mol. The Morgan fingerprint density at radius 3 is 1.33 bits per heavy atom. The highest BCUT2D eigenvalue weighted by Crippen LogP contribution is 2.43. The van der Waals surface area contributed by atoms with Gasteiger partial charge in [-0.2, -0.15) is 0 Å². The molecule has 0 aromatic rings. The highest BCUT2D eigenvalue weighted by Gasteiger charge is 2.40. The zero-order chi connectivity index (χ0) is 4.73. The van der Waals surface area contributed by atoms with Gasteiger partial charge in [0, 0.05) is 4.83 Å². The van der Waals surface area contributed by atoms with Gasteiger partial charge in [0.1, 0.15) is 0 Å². The van der Waals surface area contributed by atoms with Crippen LogP contribution < -0.4 is 0 Å². The van der Waals surface area contributed by atoms with Gasteiger partial charge in [-0.15, -0.1) is 0 Å². The molecule has 0 aliphatic heterocycles. The molecular formula is C5H9Br. The van der Waals surface area contributed by atoms with E-state index in [9.17, 15) is 0 Å². The van der Waals surface area contributed by atoms with E-state index < -0.39 is 0 Å². The van der Waals surface area contributed by atoms with Crippen molar-refractivity contribution < 1.29 is 0 Å². The van der Waals surface area contributed by atoms with Gasteiger partial charge in [0.25, 0.3) is 0 Å². The van der Waals surface area contributed by atoms with E-state index in [0.29, 0.717) is 0 Å². The molecule has 0 aromatic carbocycles. The molecule has 36 valence electrons. The highest BCUT2D eigenvalue weighted by atomic mass is 79.9. The second-order valence-electron chi connectivity index (χ2n) is 2.16. The molecular weight excluding hydrogens is 140 g/mol. The summed E-state index contributed by atoms with van der Waals surface area (Å²) in [4.78, 5) is 0.831. The van der Waals surface area contributed by atoms with Crippen LogP contribution in [0.2, 0.25) is 0 Å². The van der Waals surface area contributed by atoms with E-state index in [1.807, 2.05) is 0 Å². The summed E-state index contributed by atoms with van der Waals surface area (Å²) >= 11 is 3.51. The van der Waals surface area contributed by atoms with Crippen LogP contribution in [0.25, 0.3) is 0 Å². The van der Waals surface area contributed by atoms with E-state index in [-0.39, 0.29) is 0 Å². The minimum absolute atomic E-state index is 0.831. The van der Waals surface area contributed by atoms with Gasteiger partial charge in [-0.25, -0.2) is 0 Å². The van der Waals surface area contributed by atoms with Crippen LogP contribution in [0.5, 0.6) is 0 Å². The van der Waals surface area contributed by atoms with Gasteiger partial charge in [-0.3, -0.25) is 0 Å². The summed E-state index contributed by atoms with van der Waals surface area (Å²) in [6.45, 7) is 4.54. The van der Waals surface area contributed by atoms with Crippen LogP contribution in [0.15, 0.2) is 0 Å². The maximum Gasteiger partial charge on any atom is 0.0202 e. The van der Waals surface area contributed by atoms with Crippen molar-refractivity contribution in [1.82, 2.24) is 0 Å². The first kappa shape index (κ1) is 4.63.